The molecule has 17 heavy (non-hydrogen) atoms. The van der Waals surface area contributed by atoms with Gasteiger partial charge >= 0.3 is 0 Å². The fourth-order valence-corrected chi connectivity index (χ4v) is 2.28. The van der Waals surface area contributed by atoms with Crippen LogP contribution in [0.5, 0.6) is 0 Å². The molecule has 1 aliphatic rings. The summed E-state index contributed by atoms with van der Waals surface area (Å²) in [5.74, 6) is -0.201. The molecular weight excluding hydrogens is 215 g/mol. The molecule has 0 bridgehead atoms. The van der Waals surface area contributed by atoms with Gasteiger partial charge in [0.25, 0.3) is 0 Å². The molecule has 1 atom stereocenters. The summed E-state index contributed by atoms with van der Waals surface area (Å²) in [4.78, 5) is 2.39. The van der Waals surface area contributed by atoms with E-state index in [-0.39, 0.29) is 11.9 Å². The SMILES string of the molecule is CCCN(c1ccc(F)cc1[C@H](C)N)C1CC1. The van der Waals surface area contributed by atoms with Crippen LogP contribution in [0.25, 0.3) is 0 Å². The number of nitrogens with zero attached hydrogens (tertiary/aromatic N) is 1. The lowest BCUT2D eigenvalue weighted by atomic mass is 10.1. The summed E-state index contributed by atoms with van der Waals surface area (Å²) < 4.78 is 13.3. The minimum Gasteiger partial charge on any atom is -0.368 e. The van der Waals surface area contributed by atoms with Crippen LogP contribution in [0.4, 0.5) is 10.1 Å². The number of hydrogen-bond donors (Lipinski definition) is 1. The molecule has 2 N–H and O–H groups in total. The molecule has 94 valence electrons. The highest BCUT2D eigenvalue weighted by molar-refractivity contribution is 5.56. The van der Waals surface area contributed by atoms with Gasteiger partial charge in [-0.25, -0.2) is 4.39 Å². The molecule has 0 heterocycles. The smallest absolute Gasteiger partial charge is 0.123 e. The van der Waals surface area contributed by atoms with Crippen LogP contribution in [0, 0.1) is 5.82 Å². The van der Waals surface area contributed by atoms with Crippen LogP contribution < -0.4 is 10.6 Å². The summed E-state index contributed by atoms with van der Waals surface area (Å²) in [5, 5.41) is 0. The Morgan fingerprint density at radius 2 is 2.18 bits per heavy atom. The molecule has 2 nitrogen and oxygen atoms in total. The summed E-state index contributed by atoms with van der Waals surface area (Å²) in [5.41, 5.74) is 7.98. The molecule has 0 amide bonds. The van der Waals surface area contributed by atoms with Crippen LogP contribution in [0.15, 0.2) is 18.2 Å². The fraction of sp³-hybridized carbons (Fsp3) is 0.571. The zero-order chi connectivity index (χ0) is 12.4. The van der Waals surface area contributed by atoms with E-state index in [0.29, 0.717) is 6.04 Å². The lowest BCUT2D eigenvalue weighted by Crippen LogP contribution is -2.28. The maximum atomic E-state index is 13.3. The number of nitrogens with two attached hydrogens (primary N) is 1. The first-order valence-electron chi connectivity index (χ1n) is 6.45. The summed E-state index contributed by atoms with van der Waals surface area (Å²) in [6, 6.07) is 5.50. The molecule has 0 saturated heterocycles. The van der Waals surface area contributed by atoms with Crippen molar-refractivity contribution in [1.29, 1.82) is 0 Å². The van der Waals surface area contributed by atoms with E-state index in [1.165, 1.54) is 18.9 Å². The monoisotopic (exact) mass is 236 g/mol. The van der Waals surface area contributed by atoms with E-state index in [1.54, 1.807) is 6.07 Å². The minimum atomic E-state index is -0.201. The highest BCUT2D eigenvalue weighted by atomic mass is 19.1. The van der Waals surface area contributed by atoms with Gasteiger partial charge < -0.3 is 10.6 Å². The third-order valence-corrected chi connectivity index (χ3v) is 3.24. The van der Waals surface area contributed by atoms with Crippen LogP contribution in [0.2, 0.25) is 0 Å². The van der Waals surface area contributed by atoms with Crippen LogP contribution in [0.3, 0.4) is 0 Å². The lowest BCUT2D eigenvalue weighted by molar-refractivity contribution is 0.620. The molecule has 0 radical (unpaired) electrons. The van der Waals surface area contributed by atoms with Crippen molar-refractivity contribution < 1.29 is 4.39 Å². The summed E-state index contributed by atoms with van der Waals surface area (Å²) >= 11 is 0. The third-order valence-electron chi connectivity index (χ3n) is 3.24. The average molecular weight is 236 g/mol. The van der Waals surface area contributed by atoms with Crippen molar-refractivity contribution in [3.05, 3.63) is 29.6 Å². The van der Waals surface area contributed by atoms with E-state index in [0.717, 1.165) is 24.2 Å². The molecule has 0 aromatic heterocycles. The third kappa shape index (κ3) is 2.78. The van der Waals surface area contributed by atoms with Gasteiger partial charge in [0, 0.05) is 24.3 Å². The van der Waals surface area contributed by atoms with Gasteiger partial charge in [-0.05, 0) is 49.9 Å². The zero-order valence-electron chi connectivity index (χ0n) is 10.6. The van der Waals surface area contributed by atoms with E-state index in [2.05, 4.69) is 11.8 Å². The molecule has 1 aliphatic carbocycles. The maximum absolute atomic E-state index is 13.3. The van der Waals surface area contributed by atoms with Gasteiger partial charge in [-0.1, -0.05) is 6.92 Å². The standard InChI is InChI=1S/C14H21FN2/c1-3-8-17(12-5-6-12)14-7-4-11(15)9-13(14)10(2)16/h4,7,9-10,12H,3,5-6,8,16H2,1-2H3/t10-/m0/s1. The number of anilines is 1. The number of halogens is 1. The molecule has 1 fully saturated rings. The lowest BCUT2D eigenvalue weighted by Gasteiger charge is -2.28. The first kappa shape index (κ1) is 12.4. The summed E-state index contributed by atoms with van der Waals surface area (Å²) in [6.45, 7) is 5.11. The van der Waals surface area contributed by atoms with Crippen molar-refractivity contribution in [1.82, 2.24) is 0 Å². The summed E-state index contributed by atoms with van der Waals surface area (Å²) in [7, 11) is 0. The highest BCUT2D eigenvalue weighted by Crippen LogP contribution is 2.35. The second-order valence-corrected chi connectivity index (χ2v) is 4.92. The fourth-order valence-electron chi connectivity index (χ4n) is 2.28. The molecule has 1 saturated carbocycles. The molecule has 2 rings (SSSR count). The van der Waals surface area contributed by atoms with Gasteiger partial charge in [0.2, 0.25) is 0 Å². The number of hydrogen-bond acceptors (Lipinski definition) is 2. The maximum Gasteiger partial charge on any atom is 0.123 e. The van der Waals surface area contributed by atoms with E-state index >= 15 is 0 Å². The Labute approximate surface area is 103 Å². The summed E-state index contributed by atoms with van der Waals surface area (Å²) in [6.07, 6.45) is 3.60. The molecule has 0 unspecified atom stereocenters. The van der Waals surface area contributed by atoms with Crippen LogP contribution in [-0.2, 0) is 0 Å². The first-order valence-corrected chi connectivity index (χ1v) is 6.45. The topological polar surface area (TPSA) is 29.3 Å². The van der Waals surface area contributed by atoms with Crippen LogP contribution >= 0.6 is 0 Å². The Kier molecular flexibility index (Phi) is 3.67. The Morgan fingerprint density at radius 3 is 2.71 bits per heavy atom. The van der Waals surface area contributed by atoms with Gasteiger partial charge in [-0.15, -0.1) is 0 Å². The van der Waals surface area contributed by atoms with Crippen molar-refractivity contribution in [3.63, 3.8) is 0 Å². The van der Waals surface area contributed by atoms with Crippen LogP contribution in [-0.4, -0.2) is 12.6 Å². The Hall–Kier alpha value is -1.09. The molecule has 0 spiro atoms. The van der Waals surface area contributed by atoms with Gasteiger partial charge in [-0.3, -0.25) is 0 Å². The first-order chi connectivity index (χ1) is 8.13. The molecule has 0 aliphatic heterocycles. The van der Waals surface area contributed by atoms with E-state index in [4.69, 9.17) is 5.73 Å². The average Bonchev–Trinajstić information content (AvgIpc) is 3.10. The minimum absolute atomic E-state index is 0.126. The normalized spacial score (nSPS) is 16.9. The second kappa shape index (κ2) is 5.05. The van der Waals surface area contributed by atoms with Crippen molar-refractivity contribution in [2.24, 2.45) is 5.73 Å². The van der Waals surface area contributed by atoms with Crippen LogP contribution in [0.1, 0.15) is 44.7 Å². The predicted molar refractivity (Wildman–Crippen MR) is 69.7 cm³/mol. The second-order valence-electron chi connectivity index (χ2n) is 4.92. The zero-order valence-corrected chi connectivity index (χ0v) is 10.6. The molecule has 3 heteroatoms. The van der Waals surface area contributed by atoms with Crippen molar-refractivity contribution in [3.8, 4) is 0 Å². The predicted octanol–water partition coefficient (Wildman–Crippen LogP) is 3.22. The molecule has 1 aromatic carbocycles. The van der Waals surface area contributed by atoms with Crippen molar-refractivity contribution in [2.45, 2.75) is 45.2 Å². The quantitative estimate of drug-likeness (QED) is 0.850. The van der Waals surface area contributed by atoms with Gasteiger partial charge in [0.1, 0.15) is 5.82 Å². The van der Waals surface area contributed by atoms with Gasteiger partial charge in [-0.2, -0.15) is 0 Å². The van der Waals surface area contributed by atoms with Gasteiger partial charge in [0.05, 0.1) is 0 Å². The van der Waals surface area contributed by atoms with E-state index in [9.17, 15) is 4.39 Å². The van der Waals surface area contributed by atoms with Crippen molar-refractivity contribution >= 4 is 5.69 Å². The van der Waals surface area contributed by atoms with Crippen molar-refractivity contribution in [2.75, 3.05) is 11.4 Å². The molecule has 1 aromatic rings. The Balaban J connectivity index is 2.34. The highest BCUT2D eigenvalue weighted by Gasteiger charge is 2.30. The van der Waals surface area contributed by atoms with E-state index in [1.807, 2.05) is 13.0 Å². The van der Waals surface area contributed by atoms with E-state index < -0.39 is 0 Å². The number of rotatable bonds is 5. The Bertz CT molecular complexity index is 386. The Morgan fingerprint density at radius 1 is 1.47 bits per heavy atom. The number of benzene rings is 1. The molecular formula is C14H21FN2. The largest absolute Gasteiger partial charge is 0.368 e. The van der Waals surface area contributed by atoms with Gasteiger partial charge in [0.15, 0.2) is 0 Å².